The third-order valence-corrected chi connectivity index (χ3v) is 6.47. The van der Waals surface area contributed by atoms with Gasteiger partial charge in [-0.1, -0.05) is 51.8 Å². The van der Waals surface area contributed by atoms with Crippen LogP contribution in [0.25, 0.3) is 0 Å². The van der Waals surface area contributed by atoms with Crippen LogP contribution in [0, 0.1) is 18.7 Å². The van der Waals surface area contributed by atoms with Crippen molar-refractivity contribution in [2.24, 2.45) is 5.92 Å². The van der Waals surface area contributed by atoms with Crippen LogP contribution in [0.5, 0.6) is 0 Å². The standard InChI is InChI=1S/C30H40FNO3/c1-5-7-11-25(33)18-21(3)17-24(20-29(34)27-12-9-10-13-28(27)31)26-15-14-23(19-22(26)4)30(35)32-16-8-6-2/h9-10,12-15,19,21,24H,5-8,11,16-18,20H2,1-4H3,(H,32,35). The molecule has 190 valence electrons. The fraction of sp³-hybridized carbons (Fsp3) is 0.500. The summed E-state index contributed by atoms with van der Waals surface area (Å²) in [5.41, 5.74) is 2.56. The summed E-state index contributed by atoms with van der Waals surface area (Å²) in [5.74, 6) is -0.716. The molecule has 0 fully saturated rings. The highest BCUT2D eigenvalue weighted by atomic mass is 19.1. The number of carbonyl (C=O) groups is 3. The summed E-state index contributed by atoms with van der Waals surface area (Å²) in [6.45, 7) is 8.76. The Kier molecular flexibility index (Phi) is 11.8. The number of hydrogen-bond donors (Lipinski definition) is 1. The highest BCUT2D eigenvalue weighted by molar-refractivity contribution is 5.97. The summed E-state index contributed by atoms with van der Waals surface area (Å²) in [5, 5.41) is 2.93. The molecular weight excluding hydrogens is 441 g/mol. The number of amides is 1. The number of halogens is 1. The van der Waals surface area contributed by atoms with E-state index in [0.29, 0.717) is 31.4 Å². The second-order valence-corrected chi connectivity index (χ2v) is 9.67. The van der Waals surface area contributed by atoms with Crippen LogP contribution in [0.1, 0.15) is 110 Å². The van der Waals surface area contributed by atoms with E-state index >= 15 is 0 Å². The number of Topliss-reactive ketones (excluding diaryl/α,β-unsaturated/α-hetero) is 2. The molecule has 4 nitrogen and oxygen atoms in total. The molecule has 35 heavy (non-hydrogen) atoms. The summed E-state index contributed by atoms with van der Waals surface area (Å²) < 4.78 is 14.3. The van der Waals surface area contributed by atoms with Crippen molar-refractivity contribution >= 4 is 17.5 Å². The molecule has 0 aromatic heterocycles. The Morgan fingerprint density at radius 1 is 0.971 bits per heavy atom. The van der Waals surface area contributed by atoms with Gasteiger partial charge in [-0.2, -0.15) is 0 Å². The Balaban J connectivity index is 2.25. The van der Waals surface area contributed by atoms with Gasteiger partial charge in [0, 0.05) is 31.4 Å². The molecular formula is C30H40FNO3. The maximum atomic E-state index is 14.3. The van der Waals surface area contributed by atoms with E-state index in [0.717, 1.165) is 36.8 Å². The Morgan fingerprint density at radius 3 is 2.34 bits per heavy atom. The van der Waals surface area contributed by atoms with Gasteiger partial charge in [0.15, 0.2) is 5.78 Å². The van der Waals surface area contributed by atoms with Crippen molar-refractivity contribution in [3.8, 4) is 0 Å². The van der Waals surface area contributed by atoms with Gasteiger partial charge < -0.3 is 5.32 Å². The predicted octanol–water partition coefficient (Wildman–Crippen LogP) is 7.20. The number of ketones is 2. The average Bonchev–Trinajstić information content (AvgIpc) is 2.82. The van der Waals surface area contributed by atoms with Crippen LogP contribution >= 0.6 is 0 Å². The second-order valence-electron chi connectivity index (χ2n) is 9.67. The molecule has 1 amide bonds. The zero-order valence-corrected chi connectivity index (χ0v) is 21.7. The number of carbonyl (C=O) groups excluding carboxylic acids is 3. The average molecular weight is 482 g/mol. The maximum Gasteiger partial charge on any atom is 0.251 e. The number of nitrogens with one attached hydrogen (secondary N) is 1. The Morgan fingerprint density at radius 2 is 1.69 bits per heavy atom. The van der Waals surface area contributed by atoms with E-state index in [2.05, 4.69) is 19.2 Å². The van der Waals surface area contributed by atoms with Crippen molar-refractivity contribution in [3.05, 3.63) is 70.5 Å². The molecule has 2 aromatic carbocycles. The maximum absolute atomic E-state index is 14.3. The Hall–Kier alpha value is -2.82. The minimum atomic E-state index is -0.519. The van der Waals surface area contributed by atoms with Crippen molar-refractivity contribution in [1.82, 2.24) is 5.32 Å². The minimum Gasteiger partial charge on any atom is -0.352 e. The largest absolute Gasteiger partial charge is 0.352 e. The lowest BCUT2D eigenvalue weighted by atomic mass is 9.81. The molecule has 2 aromatic rings. The molecule has 0 aliphatic rings. The summed E-state index contributed by atoms with van der Waals surface area (Å²) in [7, 11) is 0. The van der Waals surface area contributed by atoms with Gasteiger partial charge in [0.05, 0.1) is 5.56 Å². The van der Waals surface area contributed by atoms with Crippen molar-refractivity contribution < 1.29 is 18.8 Å². The van der Waals surface area contributed by atoms with Gasteiger partial charge in [0.2, 0.25) is 0 Å². The predicted molar refractivity (Wildman–Crippen MR) is 139 cm³/mol. The van der Waals surface area contributed by atoms with Gasteiger partial charge in [-0.05, 0) is 73.4 Å². The first-order valence-corrected chi connectivity index (χ1v) is 12.9. The Labute approximate surface area is 209 Å². The molecule has 0 saturated heterocycles. The lowest BCUT2D eigenvalue weighted by molar-refractivity contribution is -0.120. The smallest absolute Gasteiger partial charge is 0.251 e. The zero-order valence-electron chi connectivity index (χ0n) is 21.7. The van der Waals surface area contributed by atoms with Gasteiger partial charge in [-0.15, -0.1) is 0 Å². The molecule has 0 bridgehead atoms. The summed E-state index contributed by atoms with van der Waals surface area (Å²) in [6, 6.07) is 11.6. The van der Waals surface area contributed by atoms with Crippen molar-refractivity contribution in [3.63, 3.8) is 0 Å². The number of hydrogen-bond acceptors (Lipinski definition) is 3. The first kappa shape index (κ1) is 28.4. The summed E-state index contributed by atoms with van der Waals surface area (Å²) in [4.78, 5) is 37.9. The molecule has 1 N–H and O–H groups in total. The molecule has 5 heteroatoms. The van der Waals surface area contributed by atoms with Crippen LogP contribution in [-0.4, -0.2) is 24.0 Å². The number of benzene rings is 2. The van der Waals surface area contributed by atoms with Crippen LogP contribution in [0.2, 0.25) is 0 Å². The monoisotopic (exact) mass is 481 g/mol. The molecule has 0 spiro atoms. The normalized spacial score (nSPS) is 12.7. The van der Waals surface area contributed by atoms with Gasteiger partial charge in [0.25, 0.3) is 5.91 Å². The van der Waals surface area contributed by atoms with E-state index in [9.17, 15) is 18.8 Å². The van der Waals surface area contributed by atoms with Crippen LogP contribution in [-0.2, 0) is 4.79 Å². The minimum absolute atomic E-state index is 0.0914. The summed E-state index contributed by atoms with van der Waals surface area (Å²) in [6.07, 6.45) is 5.66. The lowest BCUT2D eigenvalue weighted by Gasteiger charge is -2.23. The quantitative estimate of drug-likeness (QED) is 0.216. The highest BCUT2D eigenvalue weighted by Gasteiger charge is 2.24. The number of aryl methyl sites for hydroxylation is 1. The number of rotatable bonds is 15. The molecule has 0 saturated carbocycles. The van der Waals surface area contributed by atoms with Crippen molar-refractivity contribution in [2.45, 2.75) is 85.0 Å². The fourth-order valence-electron chi connectivity index (χ4n) is 4.53. The second kappa shape index (κ2) is 14.6. The van der Waals surface area contributed by atoms with Crippen LogP contribution in [0.4, 0.5) is 4.39 Å². The van der Waals surface area contributed by atoms with E-state index in [-0.39, 0.29) is 41.3 Å². The highest BCUT2D eigenvalue weighted by Crippen LogP contribution is 2.33. The third-order valence-electron chi connectivity index (χ3n) is 6.47. The third kappa shape index (κ3) is 9.04. The van der Waals surface area contributed by atoms with Crippen LogP contribution in [0.15, 0.2) is 42.5 Å². The fourth-order valence-corrected chi connectivity index (χ4v) is 4.53. The molecule has 2 rings (SSSR count). The van der Waals surface area contributed by atoms with Crippen molar-refractivity contribution in [1.29, 1.82) is 0 Å². The van der Waals surface area contributed by atoms with E-state index < -0.39 is 5.82 Å². The molecule has 2 unspecified atom stereocenters. The molecule has 0 aliphatic heterocycles. The SMILES string of the molecule is CCCCNC(=O)c1ccc(C(CC(=O)c2ccccc2F)CC(C)CC(=O)CCCC)c(C)c1. The topological polar surface area (TPSA) is 63.2 Å². The first-order chi connectivity index (χ1) is 16.8. The van der Waals surface area contributed by atoms with Gasteiger partial charge in [-0.25, -0.2) is 4.39 Å². The van der Waals surface area contributed by atoms with Gasteiger partial charge >= 0.3 is 0 Å². The Bertz CT molecular complexity index is 1000. The van der Waals surface area contributed by atoms with Gasteiger partial charge in [-0.3, -0.25) is 14.4 Å². The summed E-state index contributed by atoms with van der Waals surface area (Å²) >= 11 is 0. The van der Waals surface area contributed by atoms with Gasteiger partial charge in [0.1, 0.15) is 11.6 Å². The van der Waals surface area contributed by atoms with Crippen LogP contribution in [0.3, 0.4) is 0 Å². The molecule has 2 atom stereocenters. The van der Waals surface area contributed by atoms with E-state index in [1.165, 1.54) is 12.1 Å². The van der Waals surface area contributed by atoms with Crippen molar-refractivity contribution in [2.75, 3.05) is 6.54 Å². The lowest BCUT2D eigenvalue weighted by Crippen LogP contribution is -2.24. The molecule has 0 radical (unpaired) electrons. The molecule has 0 aliphatic carbocycles. The zero-order chi connectivity index (χ0) is 25.8. The van der Waals surface area contributed by atoms with E-state index in [1.807, 2.05) is 26.0 Å². The van der Waals surface area contributed by atoms with E-state index in [4.69, 9.17) is 0 Å². The first-order valence-electron chi connectivity index (χ1n) is 12.9. The number of unbranched alkanes of at least 4 members (excludes halogenated alkanes) is 2. The van der Waals surface area contributed by atoms with E-state index in [1.54, 1.807) is 18.2 Å². The van der Waals surface area contributed by atoms with Crippen LogP contribution < -0.4 is 5.32 Å². The molecule has 0 heterocycles.